The van der Waals surface area contributed by atoms with Gasteiger partial charge in [-0.15, -0.1) is 11.3 Å². The predicted molar refractivity (Wildman–Crippen MR) is 66.7 cm³/mol. The molecule has 2 aromatic rings. The second kappa shape index (κ2) is 3.20. The van der Waals surface area contributed by atoms with Crippen molar-refractivity contribution in [3.63, 3.8) is 0 Å². The summed E-state index contributed by atoms with van der Waals surface area (Å²) in [5, 5.41) is 2.13. The summed E-state index contributed by atoms with van der Waals surface area (Å²) in [5.41, 5.74) is 4.30. The first kappa shape index (κ1) is 8.99. The standard InChI is InChI=1S/C13H14N2S/c1-2-4-10-9(3-1)5-6-11-12(10)14-13-15(11)7-8-16-13/h4,7-9H,1-3,5-6H2/t9-/m0/s1. The fourth-order valence-electron chi connectivity index (χ4n) is 3.15. The van der Waals surface area contributed by atoms with E-state index >= 15 is 0 Å². The predicted octanol–water partition coefficient (Wildman–Crippen LogP) is 3.53. The highest BCUT2D eigenvalue weighted by Gasteiger charge is 2.29. The van der Waals surface area contributed by atoms with Crippen LogP contribution in [0, 0.1) is 5.92 Å². The number of allylic oxidation sites excluding steroid dienone is 2. The summed E-state index contributed by atoms with van der Waals surface area (Å²) in [6.45, 7) is 0. The number of aromatic nitrogens is 2. The van der Waals surface area contributed by atoms with Gasteiger partial charge in [-0.3, -0.25) is 4.40 Å². The number of hydrogen-bond acceptors (Lipinski definition) is 2. The van der Waals surface area contributed by atoms with E-state index in [9.17, 15) is 0 Å². The lowest BCUT2D eigenvalue weighted by molar-refractivity contribution is 0.503. The van der Waals surface area contributed by atoms with E-state index in [1.165, 1.54) is 43.5 Å². The molecule has 2 aromatic heterocycles. The molecule has 0 N–H and O–H groups in total. The highest BCUT2D eigenvalue weighted by atomic mass is 32.1. The molecule has 16 heavy (non-hydrogen) atoms. The molecule has 0 spiro atoms. The van der Waals surface area contributed by atoms with Crippen molar-refractivity contribution in [3.8, 4) is 0 Å². The van der Waals surface area contributed by atoms with Crippen LogP contribution in [-0.2, 0) is 6.42 Å². The molecular formula is C13H14N2S. The van der Waals surface area contributed by atoms with Gasteiger partial charge in [-0.05, 0) is 43.6 Å². The van der Waals surface area contributed by atoms with Crippen molar-refractivity contribution in [1.82, 2.24) is 9.38 Å². The largest absolute Gasteiger partial charge is 0.294 e. The first-order valence-electron chi connectivity index (χ1n) is 6.08. The average molecular weight is 230 g/mol. The van der Waals surface area contributed by atoms with Gasteiger partial charge in [0.1, 0.15) is 0 Å². The van der Waals surface area contributed by atoms with Gasteiger partial charge in [0.15, 0.2) is 4.96 Å². The van der Waals surface area contributed by atoms with Crippen LogP contribution in [0.15, 0.2) is 17.7 Å². The summed E-state index contributed by atoms with van der Waals surface area (Å²) in [6.07, 6.45) is 11.1. The molecule has 0 aliphatic heterocycles. The van der Waals surface area contributed by atoms with Gasteiger partial charge >= 0.3 is 0 Å². The highest BCUT2D eigenvalue weighted by Crippen LogP contribution is 2.41. The van der Waals surface area contributed by atoms with Gasteiger partial charge in [0.2, 0.25) is 0 Å². The van der Waals surface area contributed by atoms with Gasteiger partial charge in [-0.1, -0.05) is 6.08 Å². The Morgan fingerprint density at radius 3 is 3.38 bits per heavy atom. The summed E-state index contributed by atoms with van der Waals surface area (Å²) in [5.74, 6) is 0.797. The van der Waals surface area contributed by atoms with Crippen LogP contribution in [0.25, 0.3) is 10.5 Å². The van der Waals surface area contributed by atoms with Crippen LogP contribution in [-0.4, -0.2) is 9.38 Å². The number of fused-ring (bicyclic) bond motifs is 5. The molecule has 2 heterocycles. The van der Waals surface area contributed by atoms with Crippen molar-refractivity contribution >= 4 is 21.9 Å². The van der Waals surface area contributed by atoms with Gasteiger partial charge in [-0.2, -0.15) is 0 Å². The lowest BCUT2D eigenvalue weighted by Gasteiger charge is -2.28. The van der Waals surface area contributed by atoms with E-state index in [2.05, 4.69) is 22.1 Å². The third kappa shape index (κ3) is 1.09. The topological polar surface area (TPSA) is 17.3 Å². The monoisotopic (exact) mass is 230 g/mol. The molecule has 0 saturated carbocycles. The summed E-state index contributed by atoms with van der Waals surface area (Å²) in [7, 11) is 0. The molecule has 0 unspecified atom stereocenters. The van der Waals surface area contributed by atoms with Crippen molar-refractivity contribution in [1.29, 1.82) is 0 Å². The number of thiazole rings is 1. The minimum absolute atomic E-state index is 0.797. The fourth-order valence-corrected chi connectivity index (χ4v) is 3.88. The quantitative estimate of drug-likeness (QED) is 0.677. The molecule has 0 saturated heterocycles. The van der Waals surface area contributed by atoms with Gasteiger partial charge in [-0.25, -0.2) is 4.98 Å². The molecular weight excluding hydrogens is 216 g/mol. The average Bonchev–Trinajstić information content (AvgIpc) is 2.88. The number of hydrogen-bond donors (Lipinski definition) is 0. The van der Waals surface area contributed by atoms with Gasteiger partial charge < -0.3 is 0 Å². The van der Waals surface area contributed by atoms with Crippen molar-refractivity contribution < 1.29 is 0 Å². The van der Waals surface area contributed by atoms with Crippen LogP contribution >= 0.6 is 11.3 Å². The molecule has 3 heteroatoms. The van der Waals surface area contributed by atoms with E-state index in [-0.39, 0.29) is 0 Å². The Kier molecular flexibility index (Phi) is 1.80. The molecule has 1 atom stereocenters. The van der Waals surface area contributed by atoms with Crippen LogP contribution in [0.1, 0.15) is 37.1 Å². The molecule has 0 aromatic carbocycles. The summed E-state index contributed by atoms with van der Waals surface area (Å²) in [6, 6.07) is 0. The highest BCUT2D eigenvalue weighted by molar-refractivity contribution is 7.15. The molecule has 82 valence electrons. The zero-order chi connectivity index (χ0) is 10.5. The maximum absolute atomic E-state index is 4.81. The van der Waals surface area contributed by atoms with Gasteiger partial charge in [0.05, 0.1) is 11.4 Å². The number of rotatable bonds is 0. The molecule has 2 aliphatic carbocycles. The summed E-state index contributed by atoms with van der Waals surface area (Å²) in [4.78, 5) is 5.97. The van der Waals surface area contributed by atoms with Crippen LogP contribution in [0.5, 0.6) is 0 Å². The van der Waals surface area contributed by atoms with Crippen molar-refractivity contribution in [2.75, 3.05) is 0 Å². The molecule has 2 nitrogen and oxygen atoms in total. The lowest BCUT2D eigenvalue weighted by atomic mass is 9.78. The summed E-state index contributed by atoms with van der Waals surface area (Å²) < 4.78 is 2.28. The maximum atomic E-state index is 4.81. The molecule has 0 fully saturated rings. The van der Waals surface area contributed by atoms with Crippen LogP contribution < -0.4 is 0 Å². The third-order valence-electron chi connectivity index (χ3n) is 3.92. The Labute approximate surface area is 98.6 Å². The number of imidazole rings is 1. The lowest BCUT2D eigenvalue weighted by Crippen LogP contribution is -2.16. The molecule has 0 amide bonds. The SMILES string of the molecule is C1=C2c3nc4sccn4c3CC[C@@H]2CCC1. The van der Waals surface area contributed by atoms with Gasteiger partial charge in [0.25, 0.3) is 0 Å². The van der Waals surface area contributed by atoms with E-state index < -0.39 is 0 Å². The van der Waals surface area contributed by atoms with E-state index in [0.29, 0.717) is 0 Å². The fraction of sp³-hybridized carbons (Fsp3) is 0.462. The zero-order valence-electron chi connectivity index (χ0n) is 9.15. The third-order valence-corrected chi connectivity index (χ3v) is 4.68. The Morgan fingerprint density at radius 1 is 1.38 bits per heavy atom. The minimum Gasteiger partial charge on any atom is -0.294 e. The second-order valence-electron chi connectivity index (χ2n) is 4.79. The molecule has 2 aliphatic rings. The normalized spacial score (nSPS) is 24.0. The van der Waals surface area contributed by atoms with E-state index in [4.69, 9.17) is 4.98 Å². The maximum Gasteiger partial charge on any atom is 0.194 e. The smallest absolute Gasteiger partial charge is 0.194 e. The van der Waals surface area contributed by atoms with Gasteiger partial charge in [0, 0.05) is 11.6 Å². The van der Waals surface area contributed by atoms with E-state index in [1.54, 1.807) is 16.9 Å². The second-order valence-corrected chi connectivity index (χ2v) is 5.66. The van der Waals surface area contributed by atoms with Crippen molar-refractivity contribution in [2.45, 2.75) is 32.1 Å². The van der Waals surface area contributed by atoms with E-state index in [0.717, 1.165) is 10.9 Å². The zero-order valence-corrected chi connectivity index (χ0v) is 9.96. The Balaban J connectivity index is 1.97. The molecule has 0 bridgehead atoms. The molecule has 4 rings (SSSR count). The first-order chi connectivity index (χ1) is 7.93. The number of nitrogens with zero attached hydrogens (tertiary/aromatic N) is 2. The Hall–Kier alpha value is -1.09. The van der Waals surface area contributed by atoms with Crippen LogP contribution in [0.3, 0.4) is 0 Å². The van der Waals surface area contributed by atoms with E-state index in [1.807, 2.05) is 0 Å². The number of aryl methyl sites for hydroxylation is 1. The minimum atomic E-state index is 0.797. The van der Waals surface area contributed by atoms with Crippen molar-refractivity contribution in [3.05, 3.63) is 29.0 Å². The van der Waals surface area contributed by atoms with Crippen LogP contribution in [0.4, 0.5) is 0 Å². The Morgan fingerprint density at radius 2 is 2.38 bits per heavy atom. The summed E-state index contributed by atoms with van der Waals surface area (Å²) >= 11 is 1.74. The Bertz CT molecular complexity index is 576. The van der Waals surface area contributed by atoms with Crippen LogP contribution in [0.2, 0.25) is 0 Å². The van der Waals surface area contributed by atoms with Crippen molar-refractivity contribution in [2.24, 2.45) is 5.92 Å². The first-order valence-corrected chi connectivity index (χ1v) is 6.96. The molecule has 0 radical (unpaired) electrons.